The van der Waals surface area contributed by atoms with Gasteiger partial charge in [0.2, 0.25) is 0 Å². The van der Waals surface area contributed by atoms with Crippen LogP contribution in [0.2, 0.25) is 0 Å². The Balaban J connectivity index is 2.28. The predicted molar refractivity (Wildman–Crippen MR) is 73.2 cm³/mol. The molecule has 0 aliphatic heterocycles. The summed E-state index contributed by atoms with van der Waals surface area (Å²) < 4.78 is 27.9. The molecule has 2 nitrogen and oxygen atoms in total. The van der Waals surface area contributed by atoms with Gasteiger partial charge in [0.05, 0.1) is 11.3 Å². The monoisotopic (exact) mass is 325 g/mol. The molecule has 0 aromatic heterocycles. The Kier molecular flexibility index (Phi) is 3.95. The second-order valence-corrected chi connectivity index (χ2v) is 4.93. The number of anilines is 1. The third-order valence-electron chi connectivity index (χ3n) is 2.62. The highest BCUT2D eigenvalue weighted by molar-refractivity contribution is 9.10. The maximum Gasteiger partial charge on any atom is 0.258 e. The molecule has 0 radical (unpaired) electrons. The summed E-state index contributed by atoms with van der Waals surface area (Å²) in [6.45, 7) is 1.59. The number of carbonyl (C=O) groups is 1. The van der Waals surface area contributed by atoms with E-state index in [9.17, 15) is 13.6 Å². The Morgan fingerprint density at radius 1 is 1.21 bits per heavy atom. The average Bonchev–Trinajstić information content (AvgIpc) is 2.34. The van der Waals surface area contributed by atoms with Gasteiger partial charge < -0.3 is 5.32 Å². The molecular formula is C14H10BrF2NO. The van der Waals surface area contributed by atoms with Crippen molar-refractivity contribution < 1.29 is 13.6 Å². The molecule has 5 heteroatoms. The van der Waals surface area contributed by atoms with E-state index in [0.29, 0.717) is 10.0 Å². The van der Waals surface area contributed by atoms with Gasteiger partial charge in [-0.3, -0.25) is 4.79 Å². The van der Waals surface area contributed by atoms with E-state index in [4.69, 9.17) is 0 Å². The van der Waals surface area contributed by atoms with Crippen LogP contribution in [0, 0.1) is 18.6 Å². The molecule has 0 unspecified atom stereocenters. The summed E-state index contributed by atoms with van der Waals surface area (Å²) in [6, 6.07) is 8.70. The van der Waals surface area contributed by atoms with Crippen molar-refractivity contribution in [3.63, 3.8) is 0 Å². The van der Waals surface area contributed by atoms with Crippen molar-refractivity contribution in [1.82, 2.24) is 0 Å². The lowest BCUT2D eigenvalue weighted by Crippen LogP contribution is -2.15. The van der Waals surface area contributed by atoms with Crippen molar-refractivity contribution in [2.75, 3.05) is 5.32 Å². The molecule has 0 aliphatic carbocycles. The van der Waals surface area contributed by atoms with Gasteiger partial charge in [-0.2, -0.15) is 0 Å². The van der Waals surface area contributed by atoms with Crippen molar-refractivity contribution in [3.8, 4) is 0 Å². The van der Waals surface area contributed by atoms with Gasteiger partial charge >= 0.3 is 0 Å². The minimum absolute atomic E-state index is 0.0346. The van der Waals surface area contributed by atoms with E-state index in [1.807, 2.05) is 0 Å². The number of aryl methyl sites for hydroxylation is 1. The Labute approximate surface area is 117 Å². The van der Waals surface area contributed by atoms with Crippen LogP contribution < -0.4 is 5.32 Å². The van der Waals surface area contributed by atoms with Crippen molar-refractivity contribution >= 4 is 27.5 Å². The molecule has 1 N–H and O–H groups in total. The molecule has 1 amide bonds. The lowest BCUT2D eigenvalue weighted by atomic mass is 10.1. The van der Waals surface area contributed by atoms with E-state index in [2.05, 4.69) is 21.2 Å². The summed E-state index contributed by atoms with van der Waals surface area (Å²) >= 11 is 3.10. The summed E-state index contributed by atoms with van der Waals surface area (Å²) in [4.78, 5) is 11.9. The highest BCUT2D eigenvalue weighted by Gasteiger charge is 2.14. The number of hydrogen-bond donors (Lipinski definition) is 1. The van der Waals surface area contributed by atoms with Crippen molar-refractivity contribution in [2.45, 2.75) is 6.92 Å². The molecule has 0 spiro atoms. The first-order valence-electron chi connectivity index (χ1n) is 5.50. The third kappa shape index (κ3) is 2.98. The number of benzene rings is 2. The second kappa shape index (κ2) is 5.48. The summed E-state index contributed by atoms with van der Waals surface area (Å²) in [7, 11) is 0. The highest BCUT2D eigenvalue weighted by atomic mass is 79.9. The van der Waals surface area contributed by atoms with Crippen LogP contribution in [0.3, 0.4) is 0 Å². The lowest BCUT2D eigenvalue weighted by Gasteiger charge is -2.08. The Morgan fingerprint density at radius 3 is 2.63 bits per heavy atom. The van der Waals surface area contributed by atoms with Gasteiger partial charge in [-0.15, -0.1) is 0 Å². The molecule has 0 saturated heterocycles. The van der Waals surface area contributed by atoms with Gasteiger partial charge in [0.25, 0.3) is 5.91 Å². The van der Waals surface area contributed by atoms with Crippen molar-refractivity contribution in [3.05, 3.63) is 63.6 Å². The summed E-state index contributed by atoms with van der Waals surface area (Å²) in [6.07, 6.45) is 0. The maximum atomic E-state index is 13.7. The molecule has 2 rings (SSSR count). The predicted octanol–water partition coefficient (Wildman–Crippen LogP) is 4.29. The lowest BCUT2D eigenvalue weighted by molar-refractivity contribution is 0.102. The Bertz CT molecular complexity index is 643. The number of halogens is 3. The fourth-order valence-electron chi connectivity index (χ4n) is 1.61. The maximum absolute atomic E-state index is 13.7. The minimum atomic E-state index is -0.686. The van der Waals surface area contributed by atoms with E-state index in [-0.39, 0.29) is 11.3 Å². The summed E-state index contributed by atoms with van der Waals surface area (Å²) in [5.41, 5.74) is 0.311. The smallest absolute Gasteiger partial charge is 0.258 e. The number of carbonyl (C=O) groups excluding carboxylic acids is 1. The van der Waals surface area contributed by atoms with Crippen LogP contribution in [0.5, 0.6) is 0 Å². The van der Waals surface area contributed by atoms with E-state index in [0.717, 1.165) is 0 Å². The molecule has 0 heterocycles. The highest BCUT2D eigenvalue weighted by Crippen LogP contribution is 2.20. The number of rotatable bonds is 2. The SMILES string of the molecule is Cc1cccc(NC(=O)c2ccc(Br)cc2F)c1F. The van der Waals surface area contributed by atoms with Crippen molar-refractivity contribution in [1.29, 1.82) is 0 Å². The second-order valence-electron chi connectivity index (χ2n) is 4.01. The average molecular weight is 326 g/mol. The van der Waals surface area contributed by atoms with Crippen LogP contribution in [0.1, 0.15) is 15.9 Å². The van der Waals surface area contributed by atoms with Crippen LogP contribution in [-0.4, -0.2) is 5.91 Å². The molecule has 0 saturated carbocycles. The number of amides is 1. The third-order valence-corrected chi connectivity index (χ3v) is 3.11. The van der Waals surface area contributed by atoms with E-state index in [1.165, 1.54) is 18.2 Å². The zero-order chi connectivity index (χ0) is 14.0. The Morgan fingerprint density at radius 2 is 1.95 bits per heavy atom. The van der Waals surface area contributed by atoms with Crippen LogP contribution in [0.4, 0.5) is 14.5 Å². The molecule has 0 fully saturated rings. The van der Waals surface area contributed by atoms with Crippen LogP contribution in [-0.2, 0) is 0 Å². The zero-order valence-corrected chi connectivity index (χ0v) is 11.6. The van der Waals surface area contributed by atoms with E-state index in [1.54, 1.807) is 25.1 Å². The largest absolute Gasteiger partial charge is 0.319 e. The van der Waals surface area contributed by atoms with E-state index >= 15 is 0 Å². The molecule has 2 aromatic rings. The first-order valence-corrected chi connectivity index (χ1v) is 6.30. The standard InChI is InChI=1S/C14H10BrF2NO/c1-8-3-2-4-12(13(8)17)18-14(19)10-6-5-9(15)7-11(10)16/h2-7H,1H3,(H,18,19). The quantitative estimate of drug-likeness (QED) is 0.876. The van der Waals surface area contributed by atoms with Gasteiger partial charge in [-0.25, -0.2) is 8.78 Å². The van der Waals surface area contributed by atoms with Gasteiger partial charge in [-0.05, 0) is 36.8 Å². The molecule has 0 atom stereocenters. The normalized spacial score (nSPS) is 10.3. The molecule has 2 aromatic carbocycles. The summed E-state index contributed by atoms with van der Waals surface area (Å²) in [5.74, 6) is -1.87. The molecule has 98 valence electrons. The van der Waals surface area contributed by atoms with Gasteiger partial charge in [-0.1, -0.05) is 28.1 Å². The number of hydrogen-bond acceptors (Lipinski definition) is 1. The topological polar surface area (TPSA) is 29.1 Å². The molecule has 0 bridgehead atoms. The van der Waals surface area contributed by atoms with Crippen LogP contribution in [0.25, 0.3) is 0 Å². The Hall–Kier alpha value is -1.75. The molecular weight excluding hydrogens is 316 g/mol. The van der Waals surface area contributed by atoms with Crippen LogP contribution in [0.15, 0.2) is 40.9 Å². The first-order chi connectivity index (χ1) is 8.99. The molecule has 0 aliphatic rings. The molecule has 19 heavy (non-hydrogen) atoms. The van der Waals surface area contributed by atoms with Crippen molar-refractivity contribution in [2.24, 2.45) is 0 Å². The van der Waals surface area contributed by atoms with Gasteiger partial charge in [0.1, 0.15) is 11.6 Å². The zero-order valence-electron chi connectivity index (χ0n) is 10.0. The minimum Gasteiger partial charge on any atom is -0.319 e. The van der Waals surface area contributed by atoms with Gasteiger partial charge in [0.15, 0.2) is 0 Å². The summed E-state index contributed by atoms with van der Waals surface area (Å²) in [5, 5.41) is 2.36. The van der Waals surface area contributed by atoms with E-state index < -0.39 is 17.5 Å². The fraction of sp³-hybridized carbons (Fsp3) is 0.0714. The van der Waals surface area contributed by atoms with Crippen LogP contribution >= 0.6 is 15.9 Å². The van der Waals surface area contributed by atoms with Gasteiger partial charge in [0, 0.05) is 4.47 Å². The number of nitrogens with one attached hydrogen (secondary N) is 1. The fourth-order valence-corrected chi connectivity index (χ4v) is 1.94. The first kappa shape index (κ1) is 13.7.